The summed E-state index contributed by atoms with van der Waals surface area (Å²) in [7, 11) is 0. The lowest BCUT2D eigenvalue weighted by molar-refractivity contribution is -0.130. The molecule has 0 spiro atoms. The van der Waals surface area contributed by atoms with Crippen molar-refractivity contribution in [2.24, 2.45) is 11.8 Å². The lowest BCUT2D eigenvalue weighted by Crippen LogP contribution is -2.39. The number of aromatic hydroxyl groups is 2. The number of carbonyl (C=O) groups is 2. The zero-order valence-corrected chi connectivity index (χ0v) is 19.6. The molecule has 0 aromatic carbocycles. The Morgan fingerprint density at radius 2 is 1.65 bits per heavy atom. The molecule has 2 aromatic rings. The monoisotopic (exact) mass is 472 g/mol. The van der Waals surface area contributed by atoms with Gasteiger partial charge >= 0.3 is 6.09 Å². The van der Waals surface area contributed by atoms with Crippen LogP contribution in [-0.2, 0) is 11.3 Å². The summed E-state index contributed by atoms with van der Waals surface area (Å²) < 4.78 is 2.90. The third-order valence-corrected chi connectivity index (χ3v) is 7.36. The maximum absolute atomic E-state index is 12.5. The van der Waals surface area contributed by atoms with Crippen LogP contribution in [0.1, 0.15) is 37.2 Å². The van der Waals surface area contributed by atoms with E-state index in [2.05, 4.69) is 15.6 Å². The predicted molar refractivity (Wildman–Crippen MR) is 121 cm³/mol. The number of aromatic nitrogens is 3. The molecule has 5 heterocycles. The second kappa shape index (κ2) is 8.86. The molecule has 0 saturated carbocycles. The van der Waals surface area contributed by atoms with Crippen LogP contribution in [0.2, 0.25) is 0 Å². The molecular weight excluding hydrogens is 440 g/mol. The first kappa shape index (κ1) is 22.6. The minimum absolute atomic E-state index is 0.138. The van der Waals surface area contributed by atoms with Gasteiger partial charge in [-0.25, -0.2) is 4.79 Å². The van der Waals surface area contributed by atoms with E-state index in [0.29, 0.717) is 31.0 Å². The summed E-state index contributed by atoms with van der Waals surface area (Å²) in [6.07, 6.45) is 1.26. The molecule has 11 nitrogen and oxygen atoms in total. The van der Waals surface area contributed by atoms with Crippen molar-refractivity contribution < 1.29 is 24.6 Å². The van der Waals surface area contributed by atoms with Crippen molar-refractivity contribution in [1.82, 2.24) is 29.2 Å². The van der Waals surface area contributed by atoms with Gasteiger partial charge in [0.25, 0.3) is 0 Å². The topological polar surface area (TPSA) is 116 Å². The molecule has 3 aliphatic heterocycles. The Kier molecular flexibility index (Phi) is 5.88. The standard InChI is InChI=1S/C23H32N6O5/c1-15-9-20(28(24-15)19-5-7-26(8-6-19)16(2)30)14-25-10-17-12-27(13-18(17)11-25)23(33)34-29-21(31)3-4-22(29)32/h3-4,9,17-19,31-32H,5-8,10-14H2,1-2H3. The first-order chi connectivity index (χ1) is 16.3. The summed E-state index contributed by atoms with van der Waals surface area (Å²) in [6.45, 7) is 8.97. The molecule has 3 saturated heterocycles. The molecule has 3 fully saturated rings. The molecule has 3 aliphatic rings. The quantitative estimate of drug-likeness (QED) is 0.687. The fourth-order valence-corrected chi connectivity index (χ4v) is 5.66. The van der Waals surface area contributed by atoms with Crippen LogP contribution in [0.25, 0.3) is 0 Å². The van der Waals surface area contributed by atoms with Gasteiger partial charge in [0.1, 0.15) is 0 Å². The molecular formula is C23H32N6O5. The largest absolute Gasteiger partial charge is 0.492 e. The number of hydrogen-bond donors (Lipinski definition) is 2. The van der Waals surface area contributed by atoms with Crippen molar-refractivity contribution in [2.45, 2.75) is 39.3 Å². The third-order valence-electron chi connectivity index (χ3n) is 7.36. The third kappa shape index (κ3) is 4.31. The summed E-state index contributed by atoms with van der Waals surface area (Å²) >= 11 is 0. The number of nitrogens with zero attached hydrogens (tertiary/aromatic N) is 6. The van der Waals surface area contributed by atoms with Gasteiger partial charge in [-0.1, -0.05) is 0 Å². The minimum atomic E-state index is -0.576. The number of hydrogen-bond acceptors (Lipinski definition) is 7. The summed E-state index contributed by atoms with van der Waals surface area (Å²) in [5.74, 6) is 0.204. The van der Waals surface area contributed by atoms with E-state index < -0.39 is 6.09 Å². The Hall–Kier alpha value is -3.21. The fourth-order valence-electron chi connectivity index (χ4n) is 5.66. The van der Waals surface area contributed by atoms with Gasteiger partial charge in [-0.2, -0.15) is 5.10 Å². The molecule has 2 unspecified atom stereocenters. The van der Waals surface area contributed by atoms with Crippen molar-refractivity contribution in [3.8, 4) is 11.8 Å². The van der Waals surface area contributed by atoms with Crippen LogP contribution in [0.3, 0.4) is 0 Å². The van der Waals surface area contributed by atoms with E-state index >= 15 is 0 Å². The number of aryl methyl sites for hydroxylation is 1. The van der Waals surface area contributed by atoms with E-state index in [1.54, 1.807) is 11.8 Å². The van der Waals surface area contributed by atoms with Gasteiger partial charge in [0.15, 0.2) is 0 Å². The van der Waals surface area contributed by atoms with Gasteiger partial charge in [0, 0.05) is 64.9 Å². The van der Waals surface area contributed by atoms with E-state index in [1.807, 2.05) is 11.8 Å². The Balaban J connectivity index is 1.16. The Morgan fingerprint density at radius 3 is 2.24 bits per heavy atom. The minimum Gasteiger partial charge on any atom is -0.492 e. The molecule has 2 aromatic heterocycles. The maximum atomic E-state index is 12.5. The van der Waals surface area contributed by atoms with Crippen LogP contribution in [-0.4, -0.2) is 90.7 Å². The number of likely N-dealkylation sites (tertiary alicyclic amines) is 3. The summed E-state index contributed by atoms with van der Waals surface area (Å²) in [5.41, 5.74) is 2.21. The highest BCUT2D eigenvalue weighted by molar-refractivity contribution is 5.73. The number of piperidine rings is 1. The average molecular weight is 473 g/mol. The summed E-state index contributed by atoms with van der Waals surface area (Å²) in [6, 6.07) is 5.00. The highest BCUT2D eigenvalue weighted by Crippen LogP contribution is 2.33. The van der Waals surface area contributed by atoms with Gasteiger partial charge < -0.3 is 24.9 Å². The highest BCUT2D eigenvalue weighted by atomic mass is 16.7. The number of carbonyl (C=O) groups excluding carboxylic acids is 2. The van der Waals surface area contributed by atoms with Crippen LogP contribution in [0, 0.1) is 18.8 Å². The molecule has 0 aliphatic carbocycles. The Morgan fingerprint density at radius 1 is 1.03 bits per heavy atom. The van der Waals surface area contributed by atoms with Crippen LogP contribution in [0.15, 0.2) is 18.2 Å². The van der Waals surface area contributed by atoms with Crippen molar-refractivity contribution in [3.63, 3.8) is 0 Å². The molecule has 0 bridgehead atoms. The van der Waals surface area contributed by atoms with E-state index in [9.17, 15) is 19.8 Å². The number of fused-ring (bicyclic) bond motifs is 1. The summed E-state index contributed by atoms with van der Waals surface area (Å²) in [5, 5.41) is 24.2. The lowest BCUT2D eigenvalue weighted by atomic mass is 10.0. The van der Waals surface area contributed by atoms with Crippen LogP contribution < -0.4 is 4.84 Å². The average Bonchev–Trinajstić information content (AvgIpc) is 3.54. The molecule has 2 amide bonds. The van der Waals surface area contributed by atoms with Gasteiger partial charge in [0.05, 0.1) is 17.4 Å². The lowest BCUT2D eigenvalue weighted by Gasteiger charge is -2.32. The van der Waals surface area contributed by atoms with E-state index in [1.165, 1.54) is 17.8 Å². The number of rotatable bonds is 4. The van der Waals surface area contributed by atoms with Crippen LogP contribution in [0.4, 0.5) is 4.79 Å². The molecule has 5 rings (SSSR count). The fraction of sp³-hybridized carbons (Fsp3) is 0.609. The second-order valence-electron chi connectivity index (χ2n) is 9.78. The van der Waals surface area contributed by atoms with E-state index in [0.717, 1.165) is 56.0 Å². The van der Waals surface area contributed by atoms with E-state index in [4.69, 9.17) is 9.94 Å². The molecule has 2 N–H and O–H groups in total. The van der Waals surface area contributed by atoms with Crippen molar-refractivity contribution >= 4 is 12.0 Å². The maximum Gasteiger partial charge on any atom is 0.434 e. The normalized spacial score (nSPS) is 23.5. The van der Waals surface area contributed by atoms with Crippen molar-refractivity contribution in [3.05, 3.63) is 29.6 Å². The Bertz CT molecular complexity index is 1040. The van der Waals surface area contributed by atoms with Gasteiger partial charge in [0.2, 0.25) is 17.7 Å². The zero-order chi connectivity index (χ0) is 24.0. The first-order valence-corrected chi connectivity index (χ1v) is 11.9. The summed E-state index contributed by atoms with van der Waals surface area (Å²) in [4.78, 5) is 35.3. The van der Waals surface area contributed by atoms with Crippen LogP contribution >= 0.6 is 0 Å². The molecule has 34 heavy (non-hydrogen) atoms. The van der Waals surface area contributed by atoms with Crippen molar-refractivity contribution in [1.29, 1.82) is 0 Å². The van der Waals surface area contributed by atoms with Gasteiger partial charge in [-0.05, 0) is 37.7 Å². The molecule has 11 heteroatoms. The van der Waals surface area contributed by atoms with Gasteiger partial charge in [-0.3, -0.25) is 14.4 Å². The molecule has 0 radical (unpaired) electrons. The SMILES string of the molecule is CC(=O)N1CCC(n2nc(C)cc2CN2CC3CN(C(=O)On4c(O)ccc4O)CC3C2)CC1. The van der Waals surface area contributed by atoms with Gasteiger partial charge in [-0.15, -0.1) is 4.73 Å². The predicted octanol–water partition coefficient (Wildman–Crippen LogP) is 1.20. The second-order valence-corrected chi connectivity index (χ2v) is 9.78. The van der Waals surface area contributed by atoms with Crippen LogP contribution in [0.5, 0.6) is 11.8 Å². The number of amides is 2. The molecule has 184 valence electrons. The van der Waals surface area contributed by atoms with Crippen molar-refractivity contribution in [2.75, 3.05) is 39.3 Å². The zero-order valence-electron chi connectivity index (χ0n) is 19.6. The smallest absolute Gasteiger partial charge is 0.434 e. The Labute approximate surface area is 198 Å². The molecule has 2 atom stereocenters. The van der Waals surface area contributed by atoms with E-state index in [-0.39, 0.29) is 17.7 Å². The highest BCUT2D eigenvalue weighted by Gasteiger charge is 2.42. The first-order valence-electron chi connectivity index (χ1n) is 11.9.